The average Bonchev–Trinajstić information content (AvgIpc) is 2.36. The van der Waals surface area contributed by atoms with E-state index in [4.69, 9.17) is 0 Å². The summed E-state index contributed by atoms with van der Waals surface area (Å²) in [5.41, 5.74) is 1.24. The van der Waals surface area contributed by atoms with Crippen LogP contribution in [0.5, 0.6) is 0 Å². The number of hydrogen-bond acceptors (Lipinski definition) is 3. The lowest BCUT2D eigenvalue weighted by molar-refractivity contribution is 0.616. The first-order chi connectivity index (χ1) is 8.19. The molecule has 17 heavy (non-hydrogen) atoms. The molecule has 0 fully saturated rings. The molecule has 0 bridgehead atoms. The van der Waals surface area contributed by atoms with E-state index in [1.165, 1.54) is 18.5 Å². The highest BCUT2D eigenvalue weighted by Crippen LogP contribution is 2.19. The molecule has 0 saturated heterocycles. The summed E-state index contributed by atoms with van der Waals surface area (Å²) in [6, 6.07) is 4.77. The van der Waals surface area contributed by atoms with E-state index in [0.29, 0.717) is 6.04 Å². The van der Waals surface area contributed by atoms with Gasteiger partial charge in [-0.25, -0.2) is 4.98 Å². The van der Waals surface area contributed by atoms with Crippen molar-refractivity contribution in [1.29, 1.82) is 0 Å². The summed E-state index contributed by atoms with van der Waals surface area (Å²) in [5, 5.41) is 3.32. The smallest absolute Gasteiger partial charge is 0.127 e. The van der Waals surface area contributed by atoms with Gasteiger partial charge >= 0.3 is 0 Å². The monoisotopic (exact) mass is 235 g/mol. The Morgan fingerprint density at radius 1 is 1.35 bits per heavy atom. The van der Waals surface area contributed by atoms with Gasteiger partial charge in [0.1, 0.15) is 5.82 Å². The summed E-state index contributed by atoms with van der Waals surface area (Å²) in [4.78, 5) is 6.65. The molecule has 96 valence electrons. The molecule has 3 heteroatoms. The highest BCUT2D eigenvalue weighted by Gasteiger charge is 2.09. The Morgan fingerprint density at radius 3 is 2.76 bits per heavy atom. The van der Waals surface area contributed by atoms with Gasteiger partial charge in [0.05, 0.1) is 0 Å². The molecule has 0 aliphatic heterocycles. The van der Waals surface area contributed by atoms with Gasteiger partial charge in [0.15, 0.2) is 0 Å². The van der Waals surface area contributed by atoms with Crippen molar-refractivity contribution in [3.05, 3.63) is 18.3 Å². The lowest BCUT2D eigenvalue weighted by Gasteiger charge is -2.27. The predicted octanol–water partition coefficient (Wildman–Crippen LogP) is 3.53. The first-order valence-electron chi connectivity index (χ1n) is 6.61. The van der Waals surface area contributed by atoms with Crippen LogP contribution in [0.25, 0.3) is 0 Å². The van der Waals surface area contributed by atoms with Crippen LogP contribution in [0.4, 0.5) is 11.5 Å². The molecule has 0 radical (unpaired) electrons. The molecule has 1 rings (SSSR count). The zero-order valence-corrected chi connectivity index (χ0v) is 11.5. The molecule has 0 aliphatic rings. The summed E-state index contributed by atoms with van der Waals surface area (Å²) in [6.07, 6.45) is 5.44. The average molecular weight is 235 g/mol. The zero-order valence-electron chi connectivity index (χ0n) is 11.5. The fourth-order valence-corrected chi connectivity index (χ4v) is 1.85. The number of anilines is 2. The minimum absolute atomic E-state index is 0.571. The number of aromatic nitrogens is 1. The molecule has 1 aromatic rings. The van der Waals surface area contributed by atoms with Gasteiger partial charge in [0, 0.05) is 37.6 Å². The van der Waals surface area contributed by atoms with Crippen LogP contribution in [-0.2, 0) is 0 Å². The quantitative estimate of drug-likeness (QED) is 0.783. The summed E-state index contributed by atoms with van der Waals surface area (Å²) in [5.74, 6) is 0.972. The van der Waals surface area contributed by atoms with Crippen molar-refractivity contribution in [2.45, 2.75) is 46.1 Å². The SMILES string of the molecule is CCCNc1cc(N(C)C(C)CCC)ccn1. The van der Waals surface area contributed by atoms with Gasteiger partial charge in [-0.05, 0) is 25.8 Å². The molecule has 1 heterocycles. The molecule has 0 aromatic carbocycles. The number of hydrogen-bond donors (Lipinski definition) is 1. The fourth-order valence-electron chi connectivity index (χ4n) is 1.85. The van der Waals surface area contributed by atoms with E-state index in [-0.39, 0.29) is 0 Å². The highest BCUT2D eigenvalue weighted by atomic mass is 15.1. The Hall–Kier alpha value is -1.25. The van der Waals surface area contributed by atoms with E-state index in [1.54, 1.807) is 0 Å². The van der Waals surface area contributed by atoms with E-state index in [1.807, 2.05) is 6.20 Å². The van der Waals surface area contributed by atoms with Crippen LogP contribution < -0.4 is 10.2 Å². The third-order valence-corrected chi connectivity index (χ3v) is 3.07. The summed E-state index contributed by atoms with van der Waals surface area (Å²) in [7, 11) is 2.15. The summed E-state index contributed by atoms with van der Waals surface area (Å²) < 4.78 is 0. The zero-order chi connectivity index (χ0) is 12.7. The molecule has 0 spiro atoms. The van der Waals surface area contributed by atoms with Crippen LogP contribution in [0.15, 0.2) is 18.3 Å². The van der Waals surface area contributed by atoms with Crippen molar-refractivity contribution in [1.82, 2.24) is 4.98 Å². The second-order valence-electron chi connectivity index (χ2n) is 4.57. The Bertz CT molecular complexity index is 325. The van der Waals surface area contributed by atoms with Gasteiger partial charge in [-0.3, -0.25) is 0 Å². The fraction of sp³-hybridized carbons (Fsp3) is 0.643. The van der Waals surface area contributed by atoms with Crippen molar-refractivity contribution in [3.63, 3.8) is 0 Å². The van der Waals surface area contributed by atoms with E-state index in [2.05, 4.69) is 55.2 Å². The maximum Gasteiger partial charge on any atom is 0.127 e. The lowest BCUT2D eigenvalue weighted by Crippen LogP contribution is -2.28. The van der Waals surface area contributed by atoms with Gasteiger partial charge in [0.25, 0.3) is 0 Å². The van der Waals surface area contributed by atoms with Crippen molar-refractivity contribution in [2.24, 2.45) is 0 Å². The molecule has 0 saturated carbocycles. The van der Waals surface area contributed by atoms with Crippen molar-refractivity contribution >= 4 is 11.5 Å². The normalized spacial score (nSPS) is 12.2. The summed E-state index contributed by atoms with van der Waals surface area (Å²) in [6.45, 7) is 7.63. The second-order valence-corrected chi connectivity index (χ2v) is 4.57. The Labute approximate surface area is 105 Å². The Balaban J connectivity index is 2.69. The molecule has 1 unspecified atom stereocenters. The molecular formula is C14H25N3. The number of pyridine rings is 1. The Morgan fingerprint density at radius 2 is 2.12 bits per heavy atom. The first-order valence-corrected chi connectivity index (χ1v) is 6.61. The number of nitrogens with one attached hydrogen (secondary N) is 1. The van der Waals surface area contributed by atoms with E-state index in [9.17, 15) is 0 Å². The molecule has 1 atom stereocenters. The van der Waals surface area contributed by atoms with Gasteiger partial charge in [-0.1, -0.05) is 20.3 Å². The summed E-state index contributed by atoms with van der Waals surface area (Å²) >= 11 is 0. The molecular weight excluding hydrogens is 210 g/mol. The van der Waals surface area contributed by atoms with Crippen LogP contribution in [0, 0.1) is 0 Å². The lowest BCUT2D eigenvalue weighted by atomic mass is 10.1. The highest BCUT2D eigenvalue weighted by molar-refractivity contribution is 5.53. The van der Waals surface area contributed by atoms with Crippen molar-refractivity contribution < 1.29 is 0 Å². The minimum Gasteiger partial charge on any atom is -0.372 e. The third kappa shape index (κ3) is 4.25. The van der Waals surface area contributed by atoms with Gasteiger partial charge in [-0.2, -0.15) is 0 Å². The van der Waals surface area contributed by atoms with E-state index >= 15 is 0 Å². The van der Waals surface area contributed by atoms with Gasteiger partial charge < -0.3 is 10.2 Å². The predicted molar refractivity (Wildman–Crippen MR) is 75.8 cm³/mol. The van der Waals surface area contributed by atoms with E-state index in [0.717, 1.165) is 18.8 Å². The van der Waals surface area contributed by atoms with Crippen LogP contribution in [0.1, 0.15) is 40.0 Å². The topological polar surface area (TPSA) is 28.2 Å². The van der Waals surface area contributed by atoms with Crippen LogP contribution >= 0.6 is 0 Å². The maximum atomic E-state index is 4.33. The van der Waals surface area contributed by atoms with Crippen molar-refractivity contribution in [2.75, 3.05) is 23.8 Å². The first kappa shape index (κ1) is 13.8. The molecule has 0 amide bonds. The standard InChI is InChI=1S/C14H25N3/c1-5-7-12(3)17(4)13-8-10-16-14(11-13)15-9-6-2/h8,10-12H,5-7,9H2,1-4H3,(H,15,16). The third-order valence-electron chi connectivity index (χ3n) is 3.07. The maximum absolute atomic E-state index is 4.33. The molecule has 1 N–H and O–H groups in total. The van der Waals surface area contributed by atoms with E-state index < -0.39 is 0 Å². The van der Waals surface area contributed by atoms with Gasteiger partial charge in [-0.15, -0.1) is 0 Å². The second kappa shape index (κ2) is 7.15. The van der Waals surface area contributed by atoms with Crippen LogP contribution in [0.2, 0.25) is 0 Å². The van der Waals surface area contributed by atoms with Gasteiger partial charge in [0.2, 0.25) is 0 Å². The molecule has 1 aromatic heterocycles. The van der Waals surface area contributed by atoms with Crippen molar-refractivity contribution in [3.8, 4) is 0 Å². The van der Waals surface area contributed by atoms with Crippen LogP contribution in [-0.4, -0.2) is 24.6 Å². The largest absolute Gasteiger partial charge is 0.372 e. The number of nitrogens with zero attached hydrogens (tertiary/aromatic N) is 2. The van der Waals surface area contributed by atoms with Crippen LogP contribution in [0.3, 0.4) is 0 Å². The number of rotatable bonds is 7. The molecule has 3 nitrogen and oxygen atoms in total. The minimum atomic E-state index is 0.571. The Kier molecular flexibility index (Phi) is 5.81. The molecule has 0 aliphatic carbocycles.